The molecule has 0 bridgehead atoms. The molecule has 2 N–H and O–H groups in total. The minimum absolute atomic E-state index is 0.0674. The highest BCUT2D eigenvalue weighted by molar-refractivity contribution is 5.82. The molecule has 3 nitrogen and oxygen atoms in total. The van der Waals surface area contributed by atoms with Gasteiger partial charge in [0, 0.05) is 12.5 Å². The molecule has 106 valence electrons. The van der Waals surface area contributed by atoms with Gasteiger partial charge in [0.05, 0.1) is 6.04 Å². The van der Waals surface area contributed by atoms with Gasteiger partial charge >= 0.3 is 0 Å². The van der Waals surface area contributed by atoms with E-state index in [0.717, 1.165) is 25.4 Å². The molecule has 0 spiro atoms. The van der Waals surface area contributed by atoms with Crippen LogP contribution in [0.3, 0.4) is 0 Å². The fourth-order valence-electron chi connectivity index (χ4n) is 4.35. The maximum atomic E-state index is 12.4. The molecule has 0 radical (unpaired) electrons. The molecular weight excluding hydrogens is 248 g/mol. The third-order valence-corrected chi connectivity index (χ3v) is 5.51. The SMILES string of the molecule is O=C(NCC1Cc2ccccc21)C1NCC2CCCC21. The van der Waals surface area contributed by atoms with Gasteiger partial charge in [-0.3, -0.25) is 4.79 Å². The summed E-state index contributed by atoms with van der Waals surface area (Å²) in [5.41, 5.74) is 2.87. The Labute approximate surface area is 120 Å². The van der Waals surface area contributed by atoms with Crippen LogP contribution in [0.4, 0.5) is 0 Å². The lowest BCUT2D eigenvalue weighted by molar-refractivity contribution is -0.123. The van der Waals surface area contributed by atoms with Crippen molar-refractivity contribution in [1.82, 2.24) is 10.6 Å². The first-order valence-corrected chi connectivity index (χ1v) is 7.92. The third kappa shape index (κ3) is 1.96. The van der Waals surface area contributed by atoms with E-state index in [1.54, 1.807) is 0 Å². The standard InChI is InChI=1S/C17H22N2O/c20-17(16-15-7-3-5-12(15)9-18-16)19-10-13-8-11-4-1-2-6-14(11)13/h1-2,4,6,12-13,15-16,18H,3,5,7-10H2,(H,19,20). The zero-order valence-corrected chi connectivity index (χ0v) is 11.8. The van der Waals surface area contributed by atoms with Gasteiger partial charge in [-0.2, -0.15) is 0 Å². The summed E-state index contributed by atoms with van der Waals surface area (Å²) in [4.78, 5) is 12.4. The van der Waals surface area contributed by atoms with Gasteiger partial charge in [0.25, 0.3) is 0 Å². The van der Waals surface area contributed by atoms with Crippen molar-refractivity contribution in [3.63, 3.8) is 0 Å². The van der Waals surface area contributed by atoms with Crippen LogP contribution in [0.15, 0.2) is 24.3 Å². The largest absolute Gasteiger partial charge is 0.354 e. The highest BCUT2D eigenvalue weighted by atomic mass is 16.2. The number of fused-ring (bicyclic) bond motifs is 2. The summed E-state index contributed by atoms with van der Waals surface area (Å²) in [6.07, 6.45) is 4.94. The molecule has 4 rings (SSSR count). The van der Waals surface area contributed by atoms with Crippen LogP contribution in [0.25, 0.3) is 0 Å². The van der Waals surface area contributed by atoms with Crippen LogP contribution in [0.1, 0.15) is 36.3 Å². The average Bonchev–Trinajstić information content (AvgIpc) is 3.02. The number of carbonyl (C=O) groups excluding carboxylic acids is 1. The van der Waals surface area contributed by atoms with E-state index in [9.17, 15) is 4.79 Å². The molecule has 1 saturated heterocycles. The van der Waals surface area contributed by atoms with Gasteiger partial charge < -0.3 is 10.6 Å². The Kier molecular flexibility index (Phi) is 3.03. The molecular formula is C17H22N2O. The quantitative estimate of drug-likeness (QED) is 0.880. The molecule has 1 heterocycles. The van der Waals surface area contributed by atoms with Crippen molar-refractivity contribution >= 4 is 5.91 Å². The summed E-state index contributed by atoms with van der Waals surface area (Å²) in [5, 5.41) is 6.60. The van der Waals surface area contributed by atoms with Gasteiger partial charge in [0.15, 0.2) is 0 Å². The average molecular weight is 270 g/mol. The van der Waals surface area contributed by atoms with E-state index in [1.807, 2.05) is 0 Å². The first-order chi connectivity index (χ1) is 9.83. The molecule has 2 fully saturated rings. The minimum atomic E-state index is 0.0674. The van der Waals surface area contributed by atoms with Crippen LogP contribution < -0.4 is 10.6 Å². The Bertz CT molecular complexity index is 527. The third-order valence-electron chi connectivity index (χ3n) is 5.51. The first kappa shape index (κ1) is 12.4. The Hall–Kier alpha value is -1.35. The van der Waals surface area contributed by atoms with E-state index in [-0.39, 0.29) is 11.9 Å². The van der Waals surface area contributed by atoms with Crippen LogP contribution in [-0.2, 0) is 11.2 Å². The summed E-state index contributed by atoms with van der Waals surface area (Å²) in [6.45, 7) is 1.83. The van der Waals surface area contributed by atoms with Gasteiger partial charge in [0.1, 0.15) is 0 Å². The van der Waals surface area contributed by atoms with Crippen molar-refractivity contribution in [2.45, 2.75) is 37.6 Å². The Morgan fingerprint density at radius 2 is 2.20 bits per heavy atom. The summed E-state index contributed by atoms with van der Waals surface area (Å²) in [7, 11) is 0. The minimum Gasteiger partial charge on any atom is -0.354 e. The smallest absolute Gasteiger partial charge is 0.237 e. The highest BCUT2D eigenvalue weighted by Crippen LogP contribution is 2.38. The van der Waals surface area contributed by atoms with Crippen LogP contribution in [0, 0.1) is 11.8 Å². The maximum absolute atomic E-state index is 12.4. The number of rotatable bonds is 3. The van der Waals surface area contributed by atoms with E-state index in [1.165, 1.54) is 30.4 Å². The molecule has 1 aliphatic heterocycles. The lowest BCUT2D eigenvalue weighted by Crippen LogP contribution is -2.45. The normalized spacial score (nSPS) is 34.2. The summed E-state index contributed by atoms with van der Waals surface area (Å²) < 4.78 is 0. The molecule has 1 aromatic carbocycles. The molecule has 1 saturated carbocycles. The predicted octanol–water partition coefficient (Wildman–Crippen LogP) is 1.83. The summed E-state index contributed by atoms with van der Waals surface area (Å²) >= 11 is 0. The van der Waals surface area contributed by atoms with Crippen molar-refractivity contribution in [3.8, 4) is 0 Å². The number of benzene rings is 1. The molecule has 4 atom stereocenters. The molecule has 0 aromatic heterocycles. The first-order valence-electron chi connectivity index (χ1n) is 7.92. The predicted molar refractivity (Wildman–Crippen MR) is 78.5 cm³/mol. The van der Waals surface area contributed by atoms with Gasteiger partial charge in [-0.15, -0.1) is 0 Å². The van der Waals surface area contributed by atoms with Crippen molar-refractivity contribution in [2.24, 2.45) is 11.8 Å². The second-order valence-corrected chi connectivity index (χ2v) is 6.59. The maximum Gasteiger partial charge on any atom is 0.237 e. The Balaban J connectivity index is 1.33. The zero-order valence-electron chi connectivity index (χ0n) is 11.8. The summed E-state index contributed by atoms with van der Waals surface area (Å²) in [5.74, 6) is 2.08. The lowest BCUT2D eigenvalue weighted by atomic mass is 9.77. The van der Waals surface area contributed by atoms with Crippen molar-refractivity contribution in [3.05, 3.63) is 35.4 Å². The Morgan fingerprint density at radius 1 is 1.30 bits per heavy atom. The van der Waals surface area contributed by atoms with Crippen molar-refractivity contribution in [2.75, 3.05) is 13.1 Å². The fraction of sp³-hybridized carbons (Fsp3) is 0.588. The van der Waals surface area contributed by atoms with E-state index >= 15 is 0 Å². The molecule has 3 heteroatoms. The topological polar surface area (TPSA) is 41.1 Å². The van der Waals surface area contributed by atoms with Crippen molar-refractivity contribution in [1.29, 1.82) is 0 Å². The van der Waals surface area contributed by atoms with E-state index in [0.29, 0.717) is 11.8 Å². The second-order valence-electron chi connectivity index (χ2n) is 6.59. The molecule has 4 unspecified atom stereocenters. The van der Waals surface area contributed by atoms with Crippen molar-refractivity contribution < 1.29 is 4.79 Å². The van der Waals surface area contributed by atoms with Gasteiger partial charge in [-0.1, -0.05) is 30.7 Å². The number of amides is 1. The van der Waals surface area contributed by atoms with E-state index in [4.69, 9.17) is 0 Å². The van der Waals surface area contributed by atoms with E-state index < -0.39 is 0 Å². The van der Waals surface area contributed by atoms with Crippen LogP contribution >= 0.6 is 0 Å². The monoisotopic (exact) mass is 270 g/mol. The number of carbonyl (C=O) groups is 1. The summed E-state index contributed by atoms with van der Waals surface area (Å²) in [6, 6.07) is 8.63. The lowest BCUT2D eigenvalue weighted by Gasteiger charge is -2.30. The second kappa shape index (κ2) is 4.88. The van der Waals surface area contributed by atoms with Crippen LogP contribution in [0.2, 0.25) is 0 Å². The van der Waals surface area contributed by atoms with Crippen LogP contribution in [0.5, 0.6) is 0 Å². The van der Waals surface area contributed by atoms with Gasteiger partial charge in [0.2, 0.25) is 5.91 Å². The number of hydrogen-bond acceptors (Lipinski definition) is 2. The highest BCUT2D eigenvalue weighted by Gasteiger charge is 2.42. The number of hydrogen-bond donors (Lipinski definition) is 2. The van der Waals surface area contributed by atoms with Crippen LogP contribution in [-0.4, -0.2) is 25.0 Å². The fourth-order valence-corrected chi connectivity index (χ4v) is 4.35. The van der Waals surface area contributed by atoms with Gasteiger partial charge in [-0.05, 0) is 48.8 Å². The van der Waals surface area contributed by atoms with Gasteiger partial charge in [-0.25, -0.2) is 0 Å². The van der Waals surface area contributed by atoms with E-state index in [2.05, 4.69) is 34.9 Å². The molecule has 1 amide bonds. The Morgan fingerprint density at radius 3 is 3.10 bits per heavy atom. The molecule has 1 aromatic rings. The molecule has 3 aliphatic rings. The molecule has 20 heavy (non-hydrogen) atoms. The number of nitrogens with one attached hydrogen (secondary N) is 2. The zero-order chi connectivity index (χ0) is 13.5. The molecule has 2 aliphatic carbocycles.